The summed E-state index contributed by atoms with van der Waals surface area (Å²) in [5.74, 6) is 1.95. The third kappa shape index (κ3) is 4.41. The van der Waals surface area contributed by atoms with Gasteiger partial charge in [0.05, 0.1) is 11.6 Å². The van der Waals surface area contributed by atoms with E-state index in [1.54, 1.807) is 0 Å². The molecule has 0 fully saturated rings. The van der Waals surface area contributed by atoms with Gasteiger partial charge in [-0.1, -0.05) is 47.7 Å². The van der Waals surface area contributed by atoms with Crippen molar-refractivity contribution in [3.8, 4) is 17.7 Å². The highest BCUT2D eigenvalue weighted by Gasteiger charge is 2.09. The molecular weight excluding hydrogens is 342 g/mol. The zero-order valence-electron chi connectivity index (χ0n) is 15.0. The van der Waals surface area contributed by atoms with Crippen LogP contribution in [0, 0.1) is 32.1 Å². The van der Waals surface area contributed by atoms with Crippen molar-refractivity contribution in [1.82, 2.24) is 9.97 Å². The highest BCUT2D eigenvalue weighted by Crippen LogP contribution is 2.28. The number of aromatic nitrogens is 2. The number of rotatable bonds is 5. The van der Waals surface area contributed by atoms with Crippen LogP contribution >= 0.6 is 11.8 Å². The highest BCUT2D eigenvalue weighted by atomic mass is 32.2. The third-order valence-electron chi connectivity index (χ3n) is 3.85. The zero-order valence-corrected chi connectivity index (χ0v) is 15.8. The molecule has 2 aromatic carbocycles. The first-order chi connectivity index (χ1) is 12.5. The van der Waals surface area contributed by atoms with Crippen LogP contribution < -0.4 is 4.74 Å². The molecule has 0 amide bonds. The van der Waals surface area contributed by atoms with Crippen molar-refractivity contribution < 1.29 is 4.74 Å². The molecule has 0 N–H and O–H groups in total. The van der Waals surface area contributed by atoms with Crippen molar-refractivity contribution in [2.45, 2.75) is 31.7 Å². The molecule has 3 rings (SSSR count). The minimum atomic E-state index is 0.528. The molecule has 0 unspecified atom stereocenters. The summed E-state index contributed by atoms with van der Waals surface area (Å²) in [6.07, 6.45) is 0. The fourth-order valence-corrected chi connectivity index (χ4v) is 3.45. The van der Waals surface area contributed by atoms with E-state index < -0.39 is 0 Å². The van der Waals surface area contributed by atoms with E-state index in [0.29, 0.717) is 22.4 Å². The average molecular weight is 361 g/mol. The topological polar surface area (TPSA) is 58.8 Å². The van der Waals surface area contributed by atoms with Gasteiger partial charge >= 0.3 is 0 Å². The summed E-state index contributed by atoms with van der Waals surface area (Å²) in [4.78, 5) is 8.98. The van der Waals surface area contributed by atoms with Gasteiger partial charge in [0.1, 0.15) is 5.75 Å². The maximum Gasteiger partial charge on any atom is 0.223 e. The summed E-state index contributed by atoms with van der Waals surface area (Å²) in [5, 5.41) is 9.84. The summed E-state index contributed by atoms with van der Waals surface area (Å²) in [5.41, 5.74) is 4.76. The first-order valence-electron chi connectivity index (χ1n) is 8.27. The minimum Gasteiger partial charge on any atom is -0.439 e. The van der Waals surface area contributed by atoms with Gasteiger partial charge in [0.15, 0.2) is 5.16 Å². The first kappa shape index (κ1) is 18.0. The molecule has 1 aromatic heterocycles. The molecule has 4 nitrogen and oxygen atoms in total. The van der Waals surface area contributed by atoms with Crippen molar-refractivity contribution >= 4 is 11.8 Å². The molecule has 0 aliphatic carbocycles. The van der Waals surface area contributed by atoms with E-state index in [9.17, 15) is 5.26 Å². The number of nitriles is 1. The molecule has 26 heavy (non-hydrogen) atoms. The Kier molecular flexibility index (Phi) is 5.55. The summed E-state index contributed by atoms with van der Waals surface area (Å²) >= 11 is 1.50. The van der Waals surface area contributed by atoms with Crippen LogP contribution in [0.15, 0.2) is 53.7 Å². The van der Waals surface area contributed by atoms with Crippen molar-refractivity contribution in [1.29, 1.82) is 5.26 Å². The molecule has 0 atom stereocenters. The van der Waals surface area contributed by atoms with Crippen LogP contribution in [0.1, 0.15) is 27.9 Å². The largest absolute Gasteiger partial charge is 0.439 e. The van der Waals surface area contributed by atoms with Gasteiger partial charge in [-0.3, -0.25) is 0 Å². The Morgan fingerprint density at radius 2 is 1.85 bits per heavy atom. The van der Waals surface area contributed by atoms with Gasteiger partial charge in [-0.05, 0) is 44.0 Å². The van der Waals surface area contributed by atoms with Gasteiger partial charge < -0.3 is 4.74 Å². The SMILES string of the molecule is Cc1ccc(Oc2cc(C)nc(SCc3ccccc3C#N)n2)c(C)c1. The van der Waals surface area contributed by atoms with Gasteiger partial charge in [-0.15, -0.1) is 0 Å². The average Bonchev–Trinajstić information content (AvgIpc) is 2.62. The fourth-order valence-electron chi connectivity index (χ4n) is 2.55. The molecule has 0 saturated carbocycles. The Hall–Kier alpha value is -2.84. The summed E-state index contributed by atoms with van der Waals surface area (Å²) < 4.78 is 5.97. The predicted molar refractivity (Wildman–Crippen MR) is 103 cm³/mol. The van der Waals surface area contributed by atoms with Crippen LogP contribution in [0.2, 0.25) is 0 Å². The lowest BCUT2D eigenvalue weighted by molar-refractivity contribution is 0.451. The molecule has 5 heteroatoms. The highest BCUT2D eigenvalue weighted by molar-refractivity contribution is 7.98. The van der Waals surface area contributed by atoms with Crippen molar-refractivity contribution in [2.75, 3.05) is 0 Å². The second-order valence-electron chi connectivity index (χ2n) is 6.06. The second-order valence-corrected chi connectivity index (χ2v) is 7.00. The van der Waals surface area contributed by atoms with Gasteiger partial charge in [-0.2, -0.15) is 10.2 Å². The van der Waals surface area contributed by atoms with Crippen LogP contribution in [0.3, 0.4) is 0 Å². The zero-order chi connectivity index (χ0) is 18.5. The number of nitrogens with zero attached hydrogens (tertiary/aromatic N) is 3. The van der Waals surface area contributed by atoms with Crippen LogP contribution in [-0.2, 0) is 5.75 Å². The fraction of sp³-hybridized carbons (Fsp3) is 0.190. The summed E-state index contributed by atoms with van der Waals surface area (Å²) in [7, 11) is 0. The summed E-state index contributed by atoms with van der Waals surface area (Å²) in [6, 6.07) is 17.7. The van der Waals surface area contributed by atoms with Crippen molar-refractivity contribution in [2.24, 2.45) is 0 Å². The normalized spacial score (nSPS) is 10.4. The Bertz CT molecular complexity index is 979. The Balaban J connectivity index is 1.78. The molecular formula is C21H19N3OS. The number of ether oxygens (including phenoxy) is 1. The van der Waals surface area contributed by atoms with Crippen LogP contribution in [0.25, 0.3) is 0 Å². The van der Waals surface area contributed by atoms with Gasteiger partial charge in [0, 0.05) is 17.5 Å². The maximum absolute atomic E-state index is 9.20. The van der Waals surface area contributed by atoms with Crippen molar-refractivity contribution in [3.05, 3.63) is 76.5 Å². The number of hydrogen-bond donors (Lipinski definition) is 0. The van der Waals surface area contributed by atoms with Crippen LogP contribution in [-0.4, -0.2) is 9.97 Å². The molecule has 130 valence electrons. The third-order valence-corrected chi connectivity index (χ3v) is 4.75. The maximum atomic E-state index is 9.20. The van der Waals surface area contributed by atoms with Gasteiger partial charge in [0.25, 0.3) is 0 Å². The van der Waals surface area contributed by atoms with Crippen molar-refractivity contribution in [3.63, 3.8) is 0 Å². The number of aryl methyl sites for hydroxylation is 3. The molecule has 0 saturated heterocycles. The molecule has 0 spiro atoms. The first-order valence-corrected chi connectivity index (χ1v) is 9.25. The number of hydrogen-bond acceptors (Lipinski definition) is 5. The number of benzene rings is 2. The molecule has 1 heterocycles. The van der Waals surface area contributed by atoms with E-state index in [4.69, 9.17) is 4.74 Å². The van der Waals surface area contributed by atoms with Crippen LogP contribution in [0.4, 0.5) is 0 Å². The monoisotopic (exact) mass is 361 g/mol. The quantitative estimate of drug-likeness (QED) is 0.452. The van der Waals surface area contributed by atoms with Gasteiger partial charge in [-0.25, -0.2) is 4.98 Å². The lowest BCUT2D eigenvalue weighted by Gasteiger charge is -2.10. The predicted octanol–water partition coefficient (Wildman–Crippen LogP) is 5.36. The Labute approximate surface area is 157 Å². The molecule has 0 radical (unpaired) electrons. The second kappa shape index (κ2) is 8.03. The van der Waals surface area contributed by atoms with Gasteiger partial charge in [0.2, 0.25) is 5.88 Å². The number of thioether (sulfide) groups is 1. The standard InChI is InChI=1S/C21H19N3OS/c1-14-8-9-19(15(2)10-14)25-20-11-16(3)23-21(24-20)26-13-18-7-5-4-6-17(18)12-22/h4-11H,13H2,1-3H3. The lowest BCUT2D eigenvalue weighted by atomic mass is 10.1. The molecule has 0 aliphatic rings. The van der Waals surface area contributed by atoms with E-state index in [1.807, 2.05) is 56.3 Å². The molecule has 0 aliphatic heterocycles. The van der Waals surface area contributed by atoms with E-state index in [0.717, 1.165) is 22.6 Å². The smallest absolute Gasteiger partial charge is 0.223 e. The lowest BCUT2D eigenvalue weighted by Crippen LogP contribution is -1.97. The molecule has 3 aromatic rings. The van der Waals surface area contributed by atoms with Crippen LogP contribution in [0.5, 0.6) is 11.6 Å². The summed E-state index contributed by atoms with van der Waals surface area (Å²) in [6.45, 7) is 5.99. The van der Waals surface area contributed by atoms with E-state index in [1.165, 1.54) is 17.3 Å². The molecule has 0 bridgehead atoms. The Morgan fingerprint density at radius 3 is 2.62 bits per heavy atom. The minimum absolute atomic E-state index is 0.528. The Morgan fingerprint density at radius 1 is 1.04 bits per heavy atom. The van der Waals surface area contributed by atoms with E-state index in [2.05, 4.69) is 29.0 Å². The van der Waals surface area contributed by atoms with E-state index in [-0.39, 0.29) is 0 Å². The van der Waals surface area contributed by atoms with E-state index >= 15 is 0 Å².